The van der Waals surface area contributed by atoms with Crippen molar-refractivity contribution in [3.8, 4) is 5.75 Å². The van der Waals surface area contributed by atoms with E-state index < -0.39 is 0 Å². The third-order valence-electron chi connectivity index (χ3n) is 4.19. The van der Waals surface area contributed by atoms with Gasteiger partial charge in [-0.05, 0) is 68.2 Å². The van der Waals surface area contributed by atoms with Gasteiger partial charge in [-0.25, -0.2) is 0 Å². The van der Waals surface area contributed by atoms with Gasteiger partial charge in [-0.15, -0.1) is 11.3 Å². The Balaban J connectivity index is 1.57. The Labute approximate surface area is 137 Å². The lowest BCUT2D eigenvalue weighted by Gasteiger charge is -2.27. The molecule has 0 saturated carbocycles. The molecule has 1 atom stereocenters. The molecular formula is C19H25NOS. The quantitative estimate of drug-likeness (QED) is 0.861. The first-order valence-corrected chi connectivity index (χ1v) is 9.13. The summed E-state index contributed by atoms with van der Waals surface area (Å²) in [5, 5.41) is 5.88. The van der Waals surface area contributed by atoms with E-state index >= 15 is 0 Å². The third kappa shape index (κ3) is 3.90. The van der Waals surface area contributed by atoms with Gasteiger partial charge in [0.1, 0.15) is 5.75 Å². The van der Waals surface area contributed by atoms with Crippen molar-refractivity contribution in [2.45, 2.75) is 51.7 Å². The van der Waals surface area contributed by atoms with Crippen LogP contribution in [0.2, 0.25) is 0 Å². The topological polar surface area (TPSA) is 21.3 Å². The minimum absolute atomic E-state index is 0.244. The fourth-order valence-corrected chi connectivity index (χ4v) is 3.87. The van der Waals surface area contributed by atoms with Crippen molar-refractivity contribution in [1.82, 2.24) is 5.32 Å². The lowest BCUT2D eigenvalue weighted by atomic mass is 9.87. The van der Waals surface area contributed by atoms with Crippen LogP contribution in [0.3, 0.4) is 0 Å². The molecular weight excluding hydrogens is 290 g/mol. The highest BCUT2D eigenvalue weighted by Gasteiger charge is 2.21. The fraction of sp³-hybridized carbons (Fsp3) is 0.474. The number of ether oxygens (including phenoxy) is 1. The summed E-state index contributed by atoms with van der Waals surface area (Å²) >= 11 is 1.85. The average molecular weight is 315 g/mol. The highest BCUT2D eigenvalue weighted by molar-refractivity contribution is 7.09. The number of benzene rings is 1. The smallest absolute Gasteiger partial charge is 0.123 e. The van der Waals surface area contributed by atoms with Crippen molar-refractivity contribution in [2.75, 3.05) is 6.54 Å². The first-order valence-electron chi connectivity index (χ1n) is 8.25. The molecule has 0 spiro atoms. The maximum Gasteiger partial charge on any atom is 0.123 e. The standard InChI is InChI=1S/C19H25NOS/c1-14(2)21-19-7-3-5-15-13-16(8-9-18(15)19)20-11-10-17-6-4-12-22-17/h3-7,12,14,16,20H,8-11,13H2,1-2H3/t16-/m1/s1. The normalized spacial score (nSPS) is 17.5. The summed E-state index contributed by atoms with van der Waals surface area (Å²) in [5.74, 6) is 1.09. The van der Waals surface area contributed by atoms with Gasteiger partial charge < -0.3 is 10.1 Å². The van der Waals surface area contributed by atoms with Crippen molar-refractivity contribution in [3.63, 3.8) is 0 Å². The minimum Gasteiger partial charge on any atom is -0.491 e. The molecule has 0 amide bonds. The molecule has 1 aliphatic rings. The summed E-state index contributed by atoms with van der Waals surface area (Å²) in [6, 6.07) is 11.5. The van der Waals surface area contributed by atoms with Crippen LogP contribution in [-0.4, -0.2) is 18.7 Å². The average Bonchev–Trinajstić information content (AvgIpc) is 3.00. The Morgan fingerprint density at radius 1 is 1.27 bits per heavy atom. The second kappa shape index (κ2) is 7.30. The van der Waals surface area contributed by atoms with E-state index in [1.807, 2.05) is 11.3 Å². The van der Waals surface area contributed by atoms with Gasteiger partial charge in [0.2, 0.25) is 0 Å². The molecule has 3 heteroatoms. The number of rotatable bonds is 6. The minimum atomic E-state index is 0.244. The molecule has 0 unspecified atom stereocenters. The van der Waals surface area contributed by atoms with Crippen LogP contribution in [0.5, 0.6) is 5.75 Å². The molecule has 0 radical (unpaired) electrons. The summed E-state index contributed by atoms with van der Waals surface area (Å²) in [6.45, 7) is 5.26. The van der Waals surface area contributed by atoms with Crippen molar-refractivity contribution >= 4 is 11.3 Å². The van der Waals surface area contributed by atoms with Crippen molar-refractivity contribution in [2.24, 2.45) is 0 Å². The predicted octanol–water partition coefficient (Wildman–Crippen LogP) is 4.22. The van der Waals surface area contributed by atoms with Crippen LogP contribution in [0.1, 0.15) is 36.3 Å². The highest BCUT2D eigenvalue weighted by Crippen LogP contribution is 2.30. The van der Waals surface area contributed by atoms with E-state index in [1.165, 1.54) is 22.4 Å². The van der Waals surface area contributed by atoms with Gasteiger partial charge in [0.05, 0.1) is 6.10 Å². The number of fused-ring (bicyclic) bond motifs is 1. The zero-order chi connectivity index (χ0) is 15.4. The van der Waals surface area contributed by atoms with Gasteiger partial charge in [0.25, 0.3) is 0 Å². The molecule has 1 N–H and O–H groups in total. The number of hydrogen-bond donors (Lipinski definition) is 1. The second-order valence-electron chi connectivity index (χ2n) is 6.28. The van der Waals surface area contributed by atoms with Gasteiger partial charge in [-0.2, -0.15) is 0 Å². The van der Waals surface area contributed by atoms with E-state index in [2.05, 4.69) is 54.9 Å². The predicted molar refractivity (Wildman–Crippen MR) is 94.0 cm³/mol. The van der Waals surface area contributed by atoms with E-state index in [0.29, 0.717) is 6.04 Å². The van der Waals surface area contributed by atoms with Gasteiger partial charge in [0.15, 0.2) is 0 Å². The Morgan fingerprint density at radius 2 is 2.18 bits per heavy atom. The van der Waals surface area contributed by atoms with Crippen LogP contribution in [0.25, 0.3) is 0 Å². The molecule has 2 aromatic rings. The number of nitrogens with one attached hydrogen (secondary N) is 1. The summed E-state index contributed by atoms with van der Waals surface area (Å²) in [5.41, 5.74) is 2.88. The Bertz CT molecular complexity index is 591. The van der Waals surface area contributed by atoms with Crippen LogP contribution in [-0.2, 0) is 19.3 Å². The Morgan fingerprint density at radius 3 is 2.95 bits per heavy atom. The molecule has 3 rings (SSSR count). The second-order valence-corrected chi connectivity index (χ2v) is 7.32. The number of thiophene rings is 1. The van der Waals surface area contributed by atoms with Gasteiger partial charge >= 0.3 is 0 Å². The lowest BCUT2D eigenvalue weighted by Crippen LogP contribution is -2.35. The summed E-state index contributed by atoms with van der Waals surface area (Å²) in [6.07, 6.45) is 4.82. The maximum absolute atomic E-state index is 5.96. The lowest BCUT2D eigenvalue weighted by molar-refractivity contribution is 0.238. The molecule has 0 saturated heterocycles. The SMILES string of the molecule is CC(C)Oc1cccc2c1CC[C@@H](NCCc1cccs1)C2. The van der Waals surface area contributed by atoms with Crippen LogP contribution >= 0.6 is 11.3 Å². The summed E-state index contributed by atoms with van der Waals surface area (Å²) < 4.78 is 5.96. The molecule has 0 bridgehead atoms. The summed E-state index contributed by atoms with van der Waals surface area (Å²) in [4.78, 5) is 1.47. The van der Waals surface area contributed by atoms with E-state index in [9.17, 15) is 0 Å². The first kappa shape index (κ1) is 15.6. The van der Waals surface area contributed by atoms with E-state index in [4.69, 9.17) is 4.74 Å². The molecule has 0 fully saturated rings. The van der Waals surface area contributed by atoms with Crippen LogP contribution < -0.4 is 10.1 Å². The molecule has 0 aliphatic heterocycles. The molecule has 1 heterocycles. The zero-order valence-electron chi connectivity index (χ0n) is 13.5. The zero-order valence-corrected chi connectivity index (χ0v) is 14.3. The molecule has 1 aromatic carbocycles. The monoisotopic (exact) mass is 315 g/mol. The van der Waals surface area contributed by atoms with Crippen LogP contribution in [0.4, 0.5) is 0 Å². The summed E-state index contributed by atoms with van der Waals surface area (Å²) in [7, 11) is 0. The molecule has 1 aliphatic carbocycles. The Kier molecular flexibility index (Phi) is 5.16. The molecule has 2 nitrogen and oxygen atoms in total. The Hall–Kier alpha value is -1.32. The van der Waals surface area contributed by atoms with E-state index in [1.54, 1.807) is 0 Å². The van der Waals surface area contributed by atoms with Crippen LogP contribution in [0.15, 0.2) is 35.7 Å². The van der Waals surface area contributed by atoms with E-state index in [-0.39, 0.29) is 6.10 Å². The largest absolute Gasteiger partial charge is 0.491 e. The van der Waals surface area contributed by atoms with Crippen LogP contribution in [0, 0.1) is 0 Å². The molecule has 1 aromatic heterocycles. The van der Waals surface area contributed by atoms with Crippen molar-refractivity contribution in [1.29, 1.82) is 0 Å². The van der Waals surface area contributed by atoms with Gasteiger partial charge in [0, 0.05) is 17.5 Å². The first-order chi connectivity index (χ1) is 10.7. The van der Waals surface area contributed by atoms with Crippen molar-refractivity contribution in [3.05, 3.63) is 51.7 Å². The van der Waals surface area contributed by atoms with Gasteiger partial charge in [-0.1, -0.05) is 18.2 Å². The third-order valence-corrected chi connectivity index (χ3v) is 5.12. The molecule has 118 valence electrons. The number of hydrogen-bond acceptors (Lipinski definition) is 3. The fourth-order valence-electron chi connectivity index (χ4n) is 3.17. The van der Waals surface area contributed by atoms with Gasteiger partial charge in [-0.3, -0.25) is 0 Å². The van der Waals surface area contributed by atoms with E-state index in [0.717, 1.165) is 31.6 Å². The van der Waals surface area contributed by atoms with Crippen molar-refractivity contribution < 1.29 is 4.74 Å². The maximum atomic E-state index is 5.96. The highest BCUT2D eigenvalue weighted by atomic mass is 32.1. The molecule has 22 heavy (non-hydrogen) atoms.